The average Bonchev–Trinajstić information content (AvgIpc) is 3.44. The van der Waals surface area contributed by atoms with E-state index in [4.69, 9.17) is 0 Å². The van der Waals surface area contributed by atoms with E-state index in [0.29, 0.717) is 12.5 Å². The molecule has 2 aromatic carbocycles. The normalized spacial score (nSPS) is 14.4. The van der Waals surface area contributed by atoms with Gasteiger partial charge in [-0.1, -0.05) is 36.4 Å². The van der Waals surface area contributed by atoms with Crippen molar-refractivity contribution < 1.29 is 4.79 Å². The molecule has 26 heavy (non-hydrogen) atoms. The number of rotatable bonds is 5. The third-order valence-corrected chi connectivity index (χ3v) is 4.55. The van der Waals surface area contributed by atoms with Crippen LogP contribution in [0.5, 0.6) is 0 Å². The molecule has 0 bridgehead atoms. The number of aliphatic imine (C=N–C) groups is 1. The molecule has 0 radical (unpaired) electrons. The summed E-state index contributed by atoms with van der Waals surface area (Å²) in [5.74, 6) is 0.721. The zero-order chi connectivity index (χ0) is 17.8. The quantitative estimate of drug-likeness (QED) is 0.487. The third kappa shape index (κ3) is 3.94. The van der Waals surface area contributed by atoms with Crippen LogP contribution in [0.3, 0.4) is 0 Å². The van der Waals surface area contributed by atoms with Crippen molar-refractivity contribution in [2.24, 2.45) is 10.9 Å². The third-order valence-electron chi connectivity index (χ3n) is 4.55. The lowest BCUT2D eigenvalue weighted by atomic mass is 10.1. The van der Waals surface area contributed by atoms with Crippen molar-refractivity contribution in [1.29, 1.82) is 0 Å². The SMILES string of the molecule is O=C(NC(=NCCc1c[nH]c2ccccc12)Nc1ccccc1)C1CC1. The largest absolute Gasteiger partial charge is 0.361 e. The van der Waals surface area contributed by atoms with Crippen molar-refractivity contribution in [3.8, 4) is 0 Å². The lowest BCUT2D eigenvalue weighted by Gasteiger charge is -2.11. The Kier molecular flexibility index (Phi) is 4.69. The number of anilines is 1. The maximum Gasteiger partial charge on any atom is 0.229 e. The van der Waals surface area contributed by atoms with Gasteiger partial charge in [-0.2, -0.15) is 0 Å². The summed E-state index contributed by atoms with van der Waals surface area (Å²) in [6.07, 6.45) is 4.79. The van der Waals surface area contributed by atoms with Gasteiger partial charge >= 0.3 is 0 Å². The number of para-hydroxylation sites is 2. The van der Waals surface area contributed by atoms with Crippen molar-refractivity contribution in [3.63, 3.8) is 0 Å². The van der Waals surface area contributed by atoms with Crippen LogP contribution in [0.4, 0.5) is 5.69 Å². The highest BCUT2D eigenvalue weighted by atomic mass is 16.2. The molecule has 5 nitrogen and oxygen atoms in total. The summed E-state index contributed by atoms with van der Waals surface area (Å²) in [4.78, 5) is 20.0. The molecule has 5 heteroatoms. The van der Waals surface area contributed by atoms with E-state index in [2.05, 4.69) is 32.7 Å². The summed E-state index contributed by atoms with van der Waals surface area (Å²) in [5, 5.41) is 7.38. The smallest absolute Gasteiger partial charge is 0.229 e. The van der Waals surface area contributed by atoms with Crippen molar-refractivity contribution in [3.05, 3.63) is 66.4 Å². The van der Waals surface area contributed by atoms with Gasteiger partial charge in [0.1, 0.15) is 0 Å². The Balaban J connectivity index is 1.46. The molecule has 0 spiro atoms. The van der Waals surface area contributed by atoms with Crippen LogP contribution in [-0.4, -0.2) is 23.4 Å². The van der Waals surface area contributed by atoms with Gasteiger partial charge in [-0.3, -0.25) is 15.1 Å². The fourth-order valence-corrected chi connectivity index (χ4v) is 2.96. The molecule has 1 saturated carbocycles. The second-order valence-electron chi connectivity index (χ2n) is 6.59. The molecule has 132 valence electrons. The minimum absolute atomic E-state index is 0.0549. The monoisotopic (exact) mass is 346 g/mol. The molecule has 1 amide bonds. The van der Waals surface area contributed by atoms with Gasteiger partial charge in [0.15, 0.2) is 0 Å². The molecule has 1 aliphatic rings. The van der Waals surface area contributed by atoms with Crippen LogP contribution in [0.1, 0.15) is 18.4 Å². The average molecular weight is 346 g/mol. The number of carbonyl (C=O) groups is 1. The van der Waals surface area contributed by atoms with Gasteiger partial charge in [0.25, 0.3) is 0 Å². The second-order valence-corrected chi connectivity index (χ2v) is 6.59. The van der Waals surface area contributed by atoms with E-state index < -0.39 is 0 Å². The van der Waals surface area contributed by atoms with Crippen LogP contribution in [0.25, 0.3) is 10.9 Å². The molecule has 3 N–H and O–H groups in total. The zero-order valence-electron chi connectivity index (χ0n) is 14.5. The first kappa shape index (κ1) is 16.4. The van der Waals surface area contributed by atoms with Gasteiger partial charge in [-0.05, 0) is 43.0 Å². The van der Waals surface area contributed by atoms with Gasteiger partial charge in [-0.25, -0.2) is 0 Å². The first-order chi connectivity index (χ1) is 12.8. The fraction of sp³-hybridized carbons (Fsp3) is 0.238. The number of nitrogens with one attached hydrogen (secondary N) is 3. The number of guanidine groups is 1. The van der Waals surface area contributed by atoms with Gasteiger partial charge < -0.3 is 10.3 Å². The molecule has 0 aliphatic heterocycles. The molecule has 0 atom stereocenters. The number of benzene rings is 2. The van der Waals surface area contributed by atoms with Gasteiger partial charge in [0, 0.05) is 35.2 Å². The molecule has 3 aromatic rings. The number of nitrogens with zero attached hydrogens (tertiary/aromatic N) is 1. The summed E-state index contributed by atoms with van der Waals surface area (Å²) in [6, 6.07) is 18.0. The summed E-state index contributed by atoms with van der Waals surface area (Å²) < 4.78 is 0. The van der Waals surface area contributed by atoms with Crippen LogP contribution in [0, 0.1) is 5.92 Å². The summed E-state index contributed by atoms with van der Waals surface area (Å²) in [6.45, 7) is 0.599. The van der Waals surface area contributed by atoms with Crippen molar-refractivity contribution in [2.45, 2.75) is 19.3 Å². The molecule has 1 fully saturated rings. The van der Waals surface area contributed by atoms with E-state index in [-0.39, 0.29) is 11.8 Å². The molecule has 1 aromatic heterocycles. The van der Waals surface area contributed by atoms with Crippen LogP contribution < -0.4 is 10.6 Å². The van der Waals surface area contributed by atoms with E-state index in [0.717, 1.165) is 30.5 Å². The highest BCUT2D eigenvalue weighted by molar-refractivity contribution is 6.05. The van der Waals surface area contributed by atoms with E-state index in [1.807, 2.05) is 48.7 Å². The Labute approximate surface area is 152 Å². The van der Waals surface area contributed by atoms with E-state index in [1.165, 1.54) is 10.9 Å². The van der Waals surface area contributed by atoms with E-state index in [9.17, 15) is 4.79 Å². The van der Waals surface area contributed by atoms with E-state index >= 15 is 0 Å². The predicted octanol–water partition coefficient (Wildman–Crippen LogP) is 3.70. The highest BCUT2D eigenvalue weighted by Crippen LogP contribution is 2.28. The Hall–Kier alpha value is -3.08. The van der Waals surface area contributed by atoms with Crippen molar-refractivity contribution >= 4 is 28.5 Å². The number of H-pyrrole nitrogens is 1. The minimum atomic E-state index is 0.0549. The molecule has 1 heterocycles. The fourth-order valence-electron chi connectivity index (χ4n) is 2.96. The number of carbonyl (C=O) groups excluding carboxylic acids is 1. The molecular formula is C21H22N4O. The summed E-state index contributed by atoms with van der Waals surface area (Å²) >= 11 is 0. The molecule has 1 aliphatic carbocycles. The Morgan fingerprint density at radius 3 is 2.65 bits per heavy atom. The van der Waals surface area contributed by atoms with Crippen molar-refractivity contribution in [2.75, 3.05) is 11.9 Å². The van der Waals surface area contributed by atoms with Gasteiger partial charge in [0.05, 0.1) is 0 Å². The zero-order valence-corrected chi connectivity index (χ0v) is 14.5. The molecule has 4 rings (SSSR count). The Bertz CT molecular complexity index is 925. The van der Waals surface area contributed by atoms with Gasteiger partial charge in [0.2, 0.25) is 11.9 Å². The van der Waals surface area contributed by atoms with Crippen molar-refractivity contribution in [1.82, 2.24) is 10.3 Å². The number of aromatic nitrogens is 1. The standard InChI is InChI=1S/C21H22N4O/c26-20(15-10-11-15)25-21(24-17-6-2-1-3-7-17)22-13-12-16-14-23-19-9-5-4-8-18(16)19/h1-9,14-15,23H,10-13H2,(H2,22,24,25,26). The van der Waals surface area contributed by atoms with E-state index in [1.54, 1.807) is 0 Å². The lowest BCUT2D eigenvalue weighted by Crippen LogP contribution is -2.37. The number of hydrogen-bond donors (Lipinski definition) is 3. The molecule has 0 saturated heterocycles. The molecule has 0 unspecified atom stereocenters. The number of amides is 1. The predicted molar refractivity (Wildman–Crippen MR) is 105 cm³/mol. The van der Waals surface area contributed by atoms with Crippen LogP contribution in [-0.2, 0) is 11.2 Å². The van der Waals surface area contributed by atoms with Gasteiger partial charge in [-0.15, -0.1) is 0 Å². The minimum Gasteiger partial charge on any atom is -0.361 e. The highest BCUT2D eigenvalue weighted by Gasteiger charge is 2.30. The summed E-state index contributed by atoms with van der Waals surface area (Å²) in [7, 11) is 0. The van der Waals surface area contributed by atoms with Crippen LogP contribution >= 0.6 is 0 Å². The Morgan fingerprint density at radius 1 is 1.08 bits per heavy atom. The topological polar surface area (TPSA) is 69.3 Å². The Morgan fingerprint density at radius 2 is 1.85 bits per heavy atom. The lowest BCUT2D eigenvalue weighted by molar-refractivity contribution is -0.120. The first-order valence-corrected chi connectivity index (χ1v) is 9.02. The van der Waals surface area contributed by atoms with Crippen LogP contribution in [0.15, 0.2) is 65.8 Å². The number of hydrogen-bond acceptors (Lipinski definition) is 2. The maximum atomic E-state index is 12.1. The summed E-state index contributed by atoms with van der Waals surface area (Å²) in [5.41, 5.74) is 3.28. The second kappa shape index (κ2) is 7.44. The first-order valence-electron chi connectivity index (χ1n) is 9.02. The van der Waals surface area contributed by atoms with Crippen LogP contribution in [0.2, 0.25) is 0 Å². The molecular weight excluding hydrogens is 324 g/mol. The maximum absolute atomic E-state index is 12.1. The number of aromatic amines is 1. The number of fused-ring (bicyclic) bond motifs is 1.